The van der Waals surface area contributed by atoms with Gasteiger partial charge in [-0.3, -0.25) is 4.79 Å². The molecule has 2 aromatic rings. The summed E-state index contributed by atoms with van der Waals surface area (Å²) in [7, 11) is -3.45. The molecule has 1 amide bonds. The van der Waals surface area contributed by atoms with E-state index in [1.807, 2.05) is 16.8 Å². The van der Waals surface area contributed by atoms with E-state index in [2.05, 4.69) is 5.32 Å². The van der Waals surface area contributed by atoms with Gasteiger partial charge in [-0.25, -0.2) is 8.42 Å². The number of nitrogens with one attached hydrogen (secondary N) is 1. The van der Waals surface area contributed by atoms with Crippen LogP contribution in [0.4, 0.5) is 0 Å². The number of amides is 1. The summed E-state index contributed by atoms with van der Waals surface area (Å²) in [6.45, 7) is 1.62. The minimum atomic E-state index is -3.45. The Balaban J connectivity index is 1.67. The molecule has 0 radical (unpaired) electrons. The second-order valence-corrected chi connectivity index (χ2v) is 8.52. The summed E-state index contributed by atoms with van der Waals surface area (Å²) in [5, 5.41) is 6.77. The lowest BCUT2D eigenvalue weighted by Crippen LogP contribution is -2.35. The molecule has 1 saturated heterocycles. The molecule has 5 nitrogen and oxygen atoms in total. The molecule has 0 atom stereocenters. The highest BCUT2D eigenvalue weighted by Gasteiger charge is 2.25. The molecule has 1 aliphatic rings. The van der Waals surface area contributed by atoms with E-state index < -0.39 is 10.0 Å². The van der Waals surface area contributed by atoms with Gasteiger partial charge in [0.1, 0.15) is 0 Å². The van der Waals surface area contributed by atoms with Crippen LogP contribution in [0.25, 0.3) is 0 Å². The van der Waals surface area contributed by atoms with Gasteiger partial charge in [-0.15, -0.1) is 0 Å². The molecule has 1 N–H and O–H groups in total. The van der Waals surface area contributed by atoms with Crippen molar-refractivity contribution in [1.29, 1.82) is 0 Å². The number of carbonyl (C=O) groups excluding carboxylic acids is 1. The number of rotatable bonds is 5. The summed E-state index contributed by atoms with van der Waals surface area (Å²) in [6, 6.07) is 8.13. The summed E-state index contributed by atoms with van der Waals surface area (Å²) in [4.78, 5) is 12.4. The van der Waals surface area contributed by atoms with Gasteiger partial charge in [-0.2, -0.15) is 15.6 Å². The molecule has 24 heavy (non-hydrogen) atoms. The molecule has 7 heteroatoms. The van der Waals surface area contributed by atoms with Gasteiger partial charge in [0, 0.05) is 25.2 Å². The van der Waals surface area contributed by atoms with Gasteiger partial charge in [0.25, 0.3) is 5.91 Å². The minimum absolute atomic E-state index is 0.205. The lowest BCUT2D eigenvalue weighted by molar-refractivity contribution is 0.0951. The number of hydrogen-bond acceptors (Lipinski definition) is 4. The molecule has 128 valence electrons. The number of carbonyl (C=O) groups is 1. The van der Waals surface area contributed by atoms with E-state index in [0.29, 0.717) is 25.2 Å². The minimum Gasteiger partial charge on any atom is -0.348 e. The van der Waals surface area contributed by atoms with Gasteiger partial charge in [0.2, 0.25) is 10.0 Å². The van der Waals surface area contributed by atoms with E-state index in [-0.39, 0.29) is 10.8 Å². The number of benzene rings is 1. The topological polar surface area (TPSA) is 66.5 Å². The highest BCUT2D eigenvalue weighted by atomic mass is 32.2. The predicted octanol–water partition coefficient (Wildman–Crippen LogP) is 2.85. The lowest BCUT2D eigenvalue weighted by Gasteiger charge is -2.25. The molecular weight excluding hydrogens is 344 g/mol. The average molecular weight is 364 g/mol. The molecule has 0 saturated carbocycles. The third kappa shape index (κ3) is 3.85. The zero-order valence-electron chi connectivity index (χ0n) is 13.3. The molecule has 3 rings (SSSR count). The van der Waals surface area contributed by atoms with Crippen LogP contribution in [0.15, 0.2) is 46.0 Å². The Morgan fingerprint density at radius 1 is 1.08 bits per heavy atom. The van der Waals surface area contributed by atoms with E-state index in [0.717, 1.165) is 24.8 Å². The predicted molar refractivity (Wildman–Crippen MR) is 94.5 cm³/mol. The van der Waals surface area contributed by atoms with Crippen LogP contribution in [0, 0.1) is 0 Å². The summed E-state index contributed by atoms with van der Waals surface area (Å²) < 4.78 is 26.7. The molecule has 1 aromatic heterocycles. The fraction of sp³-hybridized carbons (Fsp3) is 0.353. The second-order valence-electron chi connectivity index (χ2n) is 5.80. The van der Waals surface area contributed by atoms with Crippen molar-refractivity contribution in [2.45, 2.75) is 30.7 Å². The maximum atomic E-state index is 12.6. The van der Waals surface area contributed by atoms with Crippen LogP contribution in [0.5, 0.6) is 0 Å². The molecule has 1 aliphatic heterocycles. The first-order valence-electron chi connectivity index (χ1n) is 7.97. The number of thiophene rings is 1. The Kier molecular flexibility index (Phi) is 5.33. The van der Waals surface area contributed by atoms with Crippen LogP contribution in [-0.2, 0) is 16.6 Å². The number of sulfonamides is 1. The van der Waals surface area contributed by atoms with Crippen molar-refractivity contribution in [2.75, 3.05) is 13.1 Å². The Morgan fingerprint density at radius 3 is 2.42 bits per heavy atom. The lowest BCUT2D eigenvalue weighted by atomic mass is 10.2. The van der Waals surface area contributed by atoms with Crippen LogP contribution in [0.3, 0.4) is 0 Å². The van der Waals surface area contributed by atoms with Crippen LogP contribution in [0.1, 0.15) is 35.2 Å². The average Bonchev–Trinajstić information content (AvgIpc) is 3.14. The summed E-state index contributed by atoms with van der Waals surface area (Å²) in [6.07, 6.45) is 2.89. The standard InChI is InChI=1S/C17H20N2O3S2/c20-17(18-12-14-8-11-23-13-14)15-4-6-16(7-5-15)24(21,22)19-9-2-1-3-10-19/h4-8,11,13H,1-3,9-10,12H2,(H,18,20). The van der Waals surface area contributed by atoms with Gasteiger partial charge < -0.3 is 5.32 Å². The van der Waals surface area contributed by atoms with Crippen molar-refractivity contribution in [3.8, 4) is 0 Å². The van der Waals surface area contributed by atoms with Gasteiger partial charge >= 0.3 is 0 Å². The highest BCUT2D eigenvalue weighted by Crippen LogP contribution is 2.20. The molecule has 0 bridgehead atoms. The first kappa shape index (κ1) is 17.1. The maximum absolute atomic E-state index is 12.6. The van der Waals surface area contributed by atoms with Crippen LogP contribution < -0.4 is 5.32 Å². The van der Waals surface area contributed by atoms with Crippen LogP contribution >= 0.6 is 11.3 Å². The maximum Gasteiger partial charge on any atom is 0.251 e. The van der Waals surface area contributed by atoms with Crippen molar-refractivity contribution in [3.05, 3.63) is 52.2 Å². The number of piperidine rings is 1. The van der Waals surface area contributed by atoms with E-state index in [4.69, 9.17) is 0 Å². The van der Waals surface area contributed by atoms with Crippen LogP contribution in [-0.4, -0.2) is 31.7 Å². The molecule has 1 aromatic carbocycles. The van der Waals surface area contributed by atoms with Crippen molar-refractivity contribution < 1.29 is 13.2 Å². The van der Waals surface area contributed by atoms with Gasteiger partial charge in [-0.05, 0) is 59.5 Å². The third-order valence-corrected chi connectivity index (χ3v) is 6.75. The van der Waals surface area contributed by atoms with E-state index in [1.54, 1.807) is 23.5 Å². The van der Waals surface area contributed by atoms with E-state index >= 15 is 0 Å². The van der Waals surface area contributed by atoms with Crippen molar-refractivity contribution in [1.82, 2.24) is 9.62 Å². The zero-order valence-corrected chi connectivity index (χ0v) is 14.9. The largest absolute Gasteiger partial charge is 0.348 e. The summed E-state index contributed by atoms with van der Waals surface area (Å²) in [5.41, 5.74) is 1.51. The molecular formula is C17H20N2O3S2. The SMILES string of the molecule is O=C(NCc1ccsc1)c1ccc(S(=O)(=O)N2CCCCC2)cc1. The molecule has 1 fully saturated rings. The Labute approximate surface area is 146 Å². The molecule has 0 aliphatic carbocycles. The van der Waals surface area contributed by atoms with Crippen LogP contribution in [0.2, 0.25) is 0 Å². The molecule has 2 heterocycles. The van der Waals surface area contributed by atoms with E-state index in [9.17, 15) is 13.2 Å². The van der Waals surface area contributed by atoms with Gasteiger partial charge in [0.15, 0.2) is 0 Å². The monoisotopic (exact) mass is 364 g/mol. The second kappa shape index (κ2) is 7.46. The Bertz CT molecular complexity index is 778. The normalized spacial score (nSPS) is 16.0. The Morgan fingerprint density at radius 2 is 1.79 bits per heavy atom. The Hall–Kier alpha value is -1.70. The number of nitrogens with zero attached hydrogens (tertiary/aromatic N) is 1. The van der Waals surface area contributed by atoms with Gasteiger partial charge in [-0.1, -0.05) is 6.42 Å². The van der Waals surface area contributed by atoms with Crippen molar-refractivity contribution in [2.24, 2.45) is 0 Å². The first-order chi connectivity index (χ1) is 11.6. The first-order valence-corrected chi connectivity index (χ1v) is 10.4. The van der Waals surface area contributed by atoms with Gasteiger partial charge in [0.05, 0.1) is 4.90 Å². The fourth-order valence-electron chi connectivity index (χ4n) is 2.71. The fourth-order valence-corrected chi connectivity index (χ4v) is 4.90. The quantitative estimate of drug-likeness (QED) is 0.887. The van der Waals surface area contributed by atoms with Crippen molar-refractivity contribution in [3.63, 3.8) is 0 Å². The zero-order chi connectivity index (χ0) is 17.0. The van der Waals surface area contributed by atoms with Crippen molar-refractivity contribution >= 4 is 27.3 Å². The third-order valence-electron chi connectivity index (χ3n) is 4.10. The number of hydrogen-bond donors (Lipinski definition) is 1. The highest BCUT2D eigenvalue weighted by molar-refractivity contribution is 7.89. The molecule has 0 unspecified atom stereocenters. The summed E-state index contributed by atoms with van der Waals surface area (Å²) in [5.74, 6) is -0.205. The molecule has 0 spiro atoms. The van der Waals surface area contributed by atoms with E-state index in [1.165, 1.54) is 16.4 Å². The smallest absolute Gasteiger partial charge is 0.251 e. The summed E-state index contributed by atoms with van der Waals surface area (Å²) >= 11 is 1.58.